The normalized spacial score (nSPS) is 10.4. The molecule has 1 heterocycles. The van der Waals surface area contributed by atoms with Crippen molar-refractivity contribution >= 4 is 17.3 Å². The number of hydrogen-bond acceptors (Lipinski definition) is 5. The highest BCUT2D eigenvalue weighted by atomic mass is 32.1. The van der Waals surface area contributed by atoms with Crippen LogP contribution in [-0.4, -0.2) is 29.2 Å². The van der Waals surface area contributed by atoms with Crippen LogP contribution in [0.3, 0.4) is 0 Å². The summed E-state index contributed by atoms with van der Waals surface area (Å²) in [5.41, 5.74) is 1.20. The molecule has 2 rings (SSSR count). The Balaban J connectivity index is 1.75. The highest BCUT2D eigenvalue weighted by Gasteiger charge is 2.09. The predicted octanol–water partition coefficient (Wildman–Crippen LogP) is 2.32. The quantitative estimate of drug-likeness (QED) is 0.766. The summed E-state index contributed by atoms with van der Waals surface area (Å²) in [5, 5.41) is 15.3. The largest absolute Gasteiger partial charge is 0.491 e. The van der Waals surface area contributed by atoms with Gasteiger partial charge in [-0.3, -0.25) is 0 Å². The number of rotatable bonds is 7. The first-order valence-corrected chi connectivity index (χ1v) is 7.11. The molecule has 0 atom stereocenters. The molecule has 0 unspecified atom stereocenters. The van der Waals surface area contributed by atoms with E-state index in [0.29, 0.717) is 25.4 Å². The SMILES string of the molecule is Cc1nc(CNCCOc2ccccc2C(=O)O)cs1. The number of nitrogens with one attached hydrogen (secondary N) is 1. The van der Waals surface area contributed by atoms with E-state index >= 15 is 0 Å². The van der Waals surface area contributed by atoms with E-state index < -0.39 is 5.97 Å². The number of nitrogens with zero attached hydrogens (tertiary/aromatic N) is 1. The number of carboxylic acids is 1. The predicted molar refractivity (Wildman–Crippen MR) is 77.5 cm³/mol. The van der Waals surface area contributed by atoms with Crippen LogP contribution in [0, 0.1) is 6.92 Å². The van der Waals surface area contributed by atoms with Crippen LogP contribution in [-0.2, 0) is 6.54 Å². The zero-order valence-electron chi connectivity index (χ0n) is 11.1. The monoisotopic (exact) mass is 292 g/mol. The van der Waals surface area contributed by atoms with Crippen molar-refractivity contribution in [1.29, 1.82) is 0 Å². The first-order chi connectivity index (χ1) is 9.66. The summed E-state index contributed by atoms with van der Waals surface area (Å²) in [6.45, 7) is 3.70. The Morgan fingerprint density at radius 1 is 1.45 bits per heavy atom. The van der Waals surface area contributed by atoms with E-state index in [0.717, 1.165) is 10.7 Å². The molecule has 0 aliphatic heterocycles. The van der Waals surface area contributed by atoms with Gasteiger partial charge in [-0.25, -0.2) is 9.78 Å². The molecule has 0 aliphatic rings. The molecule has 0 saturated carbocycles. The van der Waals surface area contributed by atoms with Crippen LogP contribution in [0.1, 0.15) is 21.1 Å². The van der Waals surface area contributed by atoms with E-state index in [1.807, 2.05) is 12.3 Å². The second-order valence-electron chi connectivity index (χ2n) is 4.18. The molecule has 106 valence electrons. The summed E-state index contributed by atoms with van der Waals surface area (Å²) in [6, 6.07) is 6.63. The molecular formula is C14H16N2O3S. The lowest BCUT2D eigenvalue weighted by Crippen LogP contribution is -2.21. The molecule has 2 N–H and O–H groups in total. The summed E-state index contributed by atoms with van der Waals surface area (Å²) < 4.78 is 5.48. The van der Waals surface area contributed by atoms with Gasteiger partial charge in [0.25, 0.3) is 0 Å². The first kappa shape index (κ1) is 14.5. The maximum atomic E-state index is 11.0. The van der Waals surface area contributed by atoms with Crippen LogP contribution >= 0.6 is 11.3 Å². The van der Waals surface area contributed by atoms with Crippen molar-refractivity contribution in [3.05, 3.63) is 45.9 Å². The van der Waals surface area contributed by atoms with Gasteiger partial charge in [0.05, 0.1) is 10.7 Å². The summed E-state index contributed by atoms with van der Waals surface area (Å²) in [5.74, 6) is -0.585. The van der Waals surface area contributed by atoms with Gasteiger partial charge in [-0.15, -0.1) is 11.3 Å². The molecule has 2 aromatic rings. The number of carbonyl (C=O) groups is 1. The van der Waals surface area contributed by atoms with Crippen molar-refractivity contribution in [3.63, 3.8) is 0 Å². The molecule has 0 radical (unpaired) electrons. The topological polar surface area (TPSA) is 71.5 Å². The lowest BCUT2D eigenvalue weighted by atomic mass is 10.2. The van der Waals surface area contributed by atoms with Gasteiger partial charge in [-0.05, 0) is 19.1 Å². The minimum Gasteiger partial charge on any atom is -0.491 e. The summed E-state index contributed by atoms with van der Waals surface area (Å²) in [6.07, 6.45) is 0. The minimum absolute atomic E-state index is 0.183. The van der Waals surface area contributed by atoms with Gasteiger partial charge in [0, 0.05) is 18.5 Å². The fraction of sp³-hybridized carbons (Fsp3) is 0.286. The molecule has 0 saturated heterocycles. The van der Waals surface area contributed by atoms with Crippen LogP contribution in [0.15, 0.2) is 29.6 Å². The maximum absolute atomic E-state index is 11.0. The highest BCUT2D eigenvalue weighted by Crippen LogP contribution is 2.17. The number of aromatic nitrogens is 1. The van der Waals surface area contributed by atoms with Crippen molar-refractivity contribution in [2.45, 2.75) is 13.5 Å². The van der Waals surface area contributed by atoms with Crippen molar-refractivity contribution in [2.75, 3.05) is 13.2 Å². The van der Waals surface area contributed by atoms with Crippen molar-refractivity contribution < 1.29 is 14.6 Å². The van der Waals surface area contributed by atoms with Gasteiger partial charge in [-0.1, -0.05) is 12.1 Å². The van der Waals surface area contributed by atoms with Gasteiger partial charge in [0.2, 0.25) is 0 Å². The van der Waals surface area contributed by atoms with Gasteiger partial charge < -0.3 is 15.2 Å². The van der Waals surface area contributed by atoms with E-state index in [4.69, 9.17) is 9.84 Å². The van der Waals surface area contributed by atoms with Crippen LogP contribution in [0.4, 0.5) is 0 Å². The number of aromatic carboxylic acids is 1. The Morgan fingerprint density at radius 2 is 2.25 bits per heavy atom. The number of hydrogen-bond donors (Lipinski definition) is 2. The molecule has 0 fully saturated rings. The van der Waals surface area contributed by atoms with Gasteiger partial charge in [0.1, 0.15) is 17.9 Å². The molecule has 6 heteroatoms. The number of aryl methyl sites for hydroxylation is 1. The summed E-state index contributed by atoms with van der Waals surface area (Å²) >= 11 is 1.62. The zero-order valence-corrected chi connectivity index (χ0v) is 11.9. The third kappa shape index (κ3) is 4.04. The van der Waals surface area contributed by atoms with Crippen LogP contribution in [0.2, 0.25) is 0 Å². The third-order valence-electron chi connectivity index (χ3n) is 2.63. The number of ether oxygens (including phenoxy) is 1. The Kier molecular flexibility index (Phi) is 5.09. The maximum Gasteiger partial charge on any atom is 0.339 e. The van der Waals surface area contributed by atoms with E-state index in [9.17, 15) is 4.79 Å². The average Bonchev–Trinajstić information content (AvgIpc) is 2.84. The standard InChI is InChI=1S/C14H16N2O3S/c1-10-16-11(9-20-10)8-15-6-7-19-13-5-3-2-4-12(13)14(17)18/h2-5,9,15H,6-8H2,1H3,(H,17,18). The first-order valence-electron chi connectivity index (χ1n) is 6.23. The Morgan fingerprint density at radius 3 is 2.95 bits per heavy atom. The summed E-state index contributed by atoms with van der Waals surface area (Å²) in [4.78, 5) is 15.3. The smallest absolute Gasteiger partial charge is 0.339 e. The number of thiazole rings is 1. The van der Waals surface area contributed by atoms with Crippen LogP contribution in [0.5, 0.6) is 5.75 Å². The van der Waals surface area contributed by atoms with Crippen molar-refractivity contribution in [1.82, 2.24) is 10.3 Å². The molecule has 0 bridgehead atoms. The van der Waals surface area contributed by atoms with E-state index in [1.165, 1.54) is 6.07 Å². The molecule has 0 aliphatic carbocycles. The summed E-state index contributed by atoms with van der Waals surface area (Å²) in [7, 11) is 0. The van der Waals surface area contributed by atoms with Crippen molar-refractivity contribution in [3.8, 4) is 5.75 Å². The Bertz CT molecular complexity index is 583. The molecule has 1 aromatic carbocycles. The third-order valence-corrected chi connectivity index (χ3v) is 3.45. The highest BCUT2D eigenvalue weighted by molar-refractivity contribution is 7.09. The van der Waals surface area contributed by atoms with Crippen LogP contribution < -0.4 is 10.1 Å². The lowest BCUT2D eigenvalue weighted by Gasteiger charge is -2.09. The van der Waals surface area contributed by atoms with E-state index in [-0.39, 0.29) is 5.56 Å². The lowest BCUT2D eigenvalue weighted by molar-refractivity contribution is 0.0692. The van der Waals surface area contributed by atoms with Gasteiger partial charge in [-0.2, -0.15) is 0 Å². The number of carboxylic acid groups (broad SMARTS) is 1. The Labute approximate surface area is 121 Å². The fourth-order valence-corrected chi connectivity index (χ4v) is 2.32. The molecule has 0 amide bonds. The molecule has 0 spiro atoms. The van der Waals surface area contributed by atoms with Gasteiger partial charge in [0.15, 0.2) is 0 Å². The zero-order chi connectivity index (χ0) is 14.4. The second kappa shape index (κ2) is 7.02. The molecular weight excluding hydrogens is 276 g/mol. The van der Waals surface area contributed by atoms with Crippen molar-refractivity contribution in [2.24, 2.45) is 0 Å². The van der Waals surface area contributed by atoms with E-state index in [1.54, 1.807) is 29.5 Å². The second-order valence-corrected chi connectivity index (χ2v) is 5.25. The number of para-hydroxylation sites is 1. The Hall–Kier alpha value is -1.92. The number of benzene rings is 1. The van der Waals surface area contributed by atoms with Gasteiger partial charge >= 0.3 is 5.97 Å². The average molecular weight is 292 g/mol. The van der Waals surface area contributed by atoms with E-state index in [2.05, 4.69) is 10.3 Å². The van der Waals surface area contributed by atoms with Crippen LogP contribution in [0.25, 0.3) is 0 Å². The molecule has 20 heavy (non-hydrogen) atoms. The molecule has 5 nitrogen and oxygen atoms in total. The molecule has 1 aromatic heterocycles. The fourth-order valence-electron chi connectivity index (χ4n) is 1.71. The minimum atomic E-state index is -0.980.